The first kappa shape index (κ1) is 63.2. The average molecular weight is 1250 g/mol. The fourth-order valence-corrected chi connectivity index (χ4v) is 11.9. The zero-order valence-electron chi connectivity index (χ0n) is 51.6. The summed E-state index contributed by atoms with van der Waals surface area (Å²) in [6, 6.07) is 27.3. The summed E-state index contributed by atoms with van der Waals surface area (Å²) in [5, 5.41) is 20.6. The summed E-state index contributed by atoms with van der Waals surface area (Å²) < 4.78 is 30.2. The summed E-state index contributed by atoms with van der Waals surface area (Å²) in [6.45, 7) is 5.68. The van der Waals surface area contributed by atoms with Crippen LogP contribution in [0.2, 0.25) is 0 Å². The number of hydrogen-bond acceptors (Lipinski definition) is 16. The maximum atomic E-state index is 14.8. The zero-order chi connectivity index (χ0) is 64.7. The van der Waals surface area contributed by atoms with Crippen molar-refractivity contribution in [2.75, 3.05) is 31.0 Å². The number of nitrogens with zero attached hydrogens (tertiary/aromatic N) is 6. The molecule has 2 unspecified atom stereocenters. The molecule has 0 fully saturated rings. The number of rotatable bonds is 22. The molecule has 11 rings (SSSR count). The highest BCUT2D eigenvalue weighted by molar-refractivity contribution is 6.13. The number of hydrogen-bond donors (Lipinski definition) is 4. The first-order valence-corrected chi connectivity index (χ1v) is 30.5. The summed E-state index contributed by atoms with van der Waals surface area (Å²) in [5.41, 5.74) is 7.24. The zero-order valence-corrected chi connectivity index (χ0v) is 51.6. The lowest BCUT2D eigenvalue weighted by Crippen LogP contribution is -2.55. The monoisotopic (exact) mass is 1250 g/mol. The fourth-order valence-electron chi connectivity index (χ4n) is 11.9. The number of aliphatic hydroxyl groups is 1. The van der Waals surface area contributed by atoms with Gasteiger partial charge in [0.15, 0.2) is 29.2 Å². The van der Waals surface area contributed by atoms with Crippen LogP contribution in [0, 0.1) is 5.92 Å². The number of ether oxygens (including phenoxy) is 5. The molecule has 8 amide bonds. The van der Waals surface area contributed by atoms with Crippen LogP contribution in [-0.4, -0.2) is 130 Å². The van der Waals surface area contributed by atoms with E-state index in [1.807, 2.05) is 59.6 Å². The number of pyridine rings is 1. The van der Waals surface area contributed by atoms with Crippen molar-refractivity contribution < 1.29 is 67.1 Å². The second kappa shape index (κ2) is 27.8. The molecule has 0 spiro atoms. The number of nitrogens with one attached hydrogen (secondary N) is 3. The molecule has 92 heavy (non-hydrogen) atoms. The van der Waals surface area contributed by atoms with Crippen molar-refractivity contribution in [1.82, 2.24) is 30.3 Å². The van der Waals surface area contributed by atoms with E-state index < -0.39 is 48.2 Å². The van der Waals surface area contributed by atoms with Crippen molar-refractivity contribution in [3.8, 4) is 23.0 Å². The van der Waals surface area contributed by atoms with Crippen LogP contribution >= 0.6 is 0 Å². The molecular weight excluding hydrogens is 1180 g/mol. The summed E-state index contributed by atoms with van der Waals surface area (Å²) in [7, 11) is 2.94. The van der Waals surface area contributed by atoms with Gasteiger partial charge in [0, 0.05) is 85.8 Å². The number of aliphatic imine (C=N–C) groups is 1. The van der Waals surface area contributed by atoms with Gasteiger partial charge in [0.1, 0.15) is 31.9 Å². The van der Waals surface area contributed by atoms with Gasteiger partial charge in [-0.2, -0.15) is 0 Å². The first-order chi connectivity index (χ1) is 44.4. The van der Waals surface area contributed by atoms with Gasteiger partial charge in [-0.1, -0.05) is 80.9 Å². The van der Waals surface area contributed by atoms with Crippen LogP contribution in [0.5, 0.6) is 23.0 Å². The molecule has 6 heterocycles. The lowest BCUT2D eigenvalue weighted by atomic mass is 9.93. The number of aromatic nitrogens is 1. The van der Waals surface area contributed by atoms with Gasteiger partial charge < -0.3 is 54.5 Å². The summed E-state index contributed by atoms with van der Waals surface area (Å²) in [4.78, 5) is 121. The first-order valence-electron chi connectivity index (χ1n) is 30.5. The minimum atomic E-state index is -1.59. The fraction of sp³-hybridized carbons (Fsp3) is 0.333. The van der Waals surface area contributed by atoms with E-state index in [2.05, 4.69) is 27.0 Å². The lowest BCUT2D eigenvalue weighted by Gasteiger charge is -2.39. The van der Waals surface area contributed by atoms with Gasteiger partial charge in [0.2, 0.25) is 17.7 Å². The SMILES string of the molecule is COc1cc2c(cc1OCc1cncc(COc3cc4c(cc3OC)C(=O)N3Cc5ccccc5CC3C(O)N4C(=O)OCc3ccc(NC(=O)[C@H](C)NC(=O)[C@@H](NC(=O)CCCCCN4C(=O)C=CC4=O)C(C)C)cc3)c1)N=C[C@@H]1Cc3ccccc3CN1C2=O. The Labute approximate surface area is 531 Å². The molecule has 476 valence electrons. The van der Waals surface area contributed by atoms with Crippen LogP contribution in [0.3, 0.4) is 0 Å². The van der Waals surface area contributed by atoms with Crippen molar-refractivity contribution in [1.29, 1.82) is 0 Å². The van der Waals surface area contributed by atoms with Gasteiger partial charge in [-0.25, -0.2) is 9.69 Å². The van der Waals surface area contributed by atoms with Gasteiger partial charge in [-0.05, 0) is 96.7 Å². The number of carbonyl (C=O) groups is 8. The number of amides is 8. The van der Waals surface area contributed by atoms with E-state index >= 15 is 0 Å². The Balaban J connectivity index is 0.733. The van der Waals surface area contributed by atoms with Gasteiger partial charge in [-0.3, -0.25) is 48.4 Å². The molecule has 23 nitrogen and oxygen atoms in total. The molecule has 6 aromatic rings. The molecule has 1 aromatic heterocycles. The van der Waals surface area contributed by atoms with E-state index in [0.717, 1.165) is 26.5 Å². The highest BCUT2D eigenvalue weighted by Crippen LogP contribution is 2.43. The minimum absolute atomic E-state index is 0.0167. The Morgan fingerprint density at radius 2 is 1.25 bits per heavy atom. The number of imide groups is 1. The second-order valence-corrected chi connectivity index (χ2v) is 23.6. The molecule has 23 heteroatoms. The van der Waals surface area contributed by atoms with Crippen molar-refractivity contribution in [3.63, 3.8) is 0 Å². The Morgan fingerprint density at radius 1 is 0.641 bits per heavy atom. The topological polar surface area (TPSA) is 277 Å². The summed E-state index contributed by atoms with van der Waals surface area (Å²) >= 11 is 0. The second-order valence-electron chi connectivity index (χ2n) is 23.6. The number of methoxy groups -OCH3 is 2. The van der Waals surface area contributed by atoms with Gasteiger partial charge in [-0.15, -0.1) is 0 Å². The number of fused-ring (bicyclic) bond motifs is 6. The smallest absolute Gasteiger partial charge is 0.416 e. The third-order valence-electron chi connectivity index (χ3n) is 17.0. The largest absolute Gasteiger partial charge is 0.493 e. The van der Waals surface area contributed by atoms with Crippen LogP contribution in [0.1, 0.15) is 106 Å². The van der Waals surface area contributed by atoms with Gasteiger partial charge >= 0.3 is 6.09 Å². The Kier molecular flexibility index (Phi) is 19.1. The lowest BCUT2D eigenvalue weighted by molar-refractivity contribution is -0.137. The van der Waals surface area contributed by atoms with Crippen molar-refractivity contribution in [2.45, 2.75) is 123 Å². The van der Waals surface area contributed by atoms with Crippen LogP contribution in [0.25, 0.3) is 0 Å². The van der Waals surface area contributed by atoms with E-state index in [4.69, 9.17) is 28.7 Å². The van der Waals surface area contributed by atoms with Crippen LogP contribution in [-0.2, 0) is 74.5 Å². The van der Waals surface area contributed by atoms with E-state index in [0.29, 0.717) is 77.4 Å². The van der Waals surface area contributed by atoms with Gasteiger partial charge in [0.25, 0.3) is 23.6 Å². The Morgan fingerprint density at radius 3 is 1.90 bits per heavy atom. The van der Waals surface area contributed by atoms with E-state index in [-0.39, 0.29) is 104 Å². The summed E-state index contributed by atoms with van der Waals surface area (Å²) in [6.07, 6.45) is 7.60. The maximum absolute atomic E-state index is 14.8. The van der Waals surface area contributed by atoms with Crippen molar-refractivity contribution in [2.24, 2.45) is 10.9 Å². The third-order valence-corrected chi connectivity index (χ3v) is 17.0. The molecule has 5 aliphatic heterocycles. The molecule has 5 aromatic carbocycles. The number of anilines is 2. The predicted octanol–water partition coefficient (Wildman–Crippen LogP) is 7.65. The number of aliphatic hydroxyl groups excluding tert-OH is 1. The number of unbranched alkanes of at least 4 members (excludes halogenated alkanes) is 2. The highest BCUT2D eigenvalue weighted by atomic mass is 16.6. The minimum Gasteiger partial charge on any atom is -0.493 e. The highest BCUT2D eigenvalue weighted by Gasteiger charge is 2.46. The number of carbonyl (C=O) groups excluding carboxylic acids is 8. The van der Waals surface area contributed by atoms with Crippen LogP contribution in [0.15, 0.2) is 133 Å². The van der Waals surface area contributed by atoms with E-state index in [1.165, 1.54) is 51.0 Å². The average Bonchev–Trinajstić information content (AvgIpc) is 1.58. The normalized spacial score (nSPS) is 17.6. The van der Waals surface area contributed by atoms with Gasteiger partial charge in [0.05, 0.1) is 48.8 Å². The van der Waals surface area contributed by atoms with Crippen LogP contribution < -0.4 is 39.8 Å². The molecule has 0 saturated heterocycles. The van der Waals surface area contributed by atoms with Crippen molar-refractivity contribution in [3.05, 3.63) is 178 Å². The van der Waals surface area contributed by atoms with Crippen molar-refractivity contribution >= 4 is 70.7 Å². The molecular formula is C69H71N9O14. The Bertz CT molecular complexity index is 3910. The number of benzene rings is 5. The molecule has 0 radical (unpaired) electrons. The molecule has 0 aliphatic carbocycles. The molecule has 0 bridgehead atoms. The molecule has 5 atom stereocenters. The van der Waals surface area contributed by atoms with E-state index in [1.54, 1.807) is 67.5 Å². The molecule has 4 N–H and O–H groups in total. The molecule has 5 aliphatic rings. The predicted molar refractivity (Wildman–Crippen MR) is 337 cm³/mol. The maximum Gasteiger partial charge on any atom is 0.416 e. The van der Waals surface area contributed by atoms with Crippen LogP contribution in [0.4, 0.5) is 21.9 Å². The molecule has 0 saturated carbocycles. The Hall–Kier alpha value is -10.4. The van der Waals surface area contributed by atoms with E-state index in [9.17, 15) is 43.5 Å². The standard InChI is InChI=1S/C69H71N9O14/c1-40(2)63(74-60(79)17-7-6-12-24-75-61(80)22-23-62(75)81)65(83)72-41(3)64(82)73-49-20-18-42(19-21-49)37-92-69(87)78-54-31-59(57(89-5)29-52(54)67(85)77-36-48-16-11-9-14-46(48)27-55(77)68(78)86)91-39-44-25-43(32-70-33-44)38-90-58-30-53-51(28-56(58)88-4)66(84)76-35-47-15-10-8-13-45(47)26-50(76)34-71-53/h8-11,13-16,18-23,25,28-34,40-41,50,55,63,68,86H,6-7,12,17,24,26-27,35-39H2,1-5H3,(H,72,83)(H,73,82)(H,74,79)/t41-,50-,55?,63-,68?/m0/s1. The quantitative estimate of drug-likeness (QED) is 0.0375. The third kappa shape index (κ3) is 13.8. The summed E-state index contributed by atoms with van der Waals surface area (Å²) in [5.74, 6) is -1.99.